The number of hydrogen-bond acceptors (Lipinski definition) is 5. The van der Waals surface area contributed by atoms with Crippen LogP contribution in [0.15, 0.2) is 217 Å². The Balaban J connectivity index is 1.09. The van der Waals surface area contributed by atoms with Crippen molar-refractivity contribution in [1.29, 1.82) is 0 Å². The minimum atomic E-state index is 0.578. The summed E-state index contributed by atoms with van der Waals surface area (Å²) in [6, 6.07) is 73.7. The van der Waals surface area contributed by atoms with Crippen LogP contribution in [0, 0.1) is 0 Å². The van der Waals surface area contributed by atoms with Gasteiger partial charge in [0.2, 0.25) is 0 Å². The van der Waals surface area contributed by atoms with Crippen LogP contribution in [0.3, 0.4) is 0 Å². The van der Waals surface area contributed by atoms with Gasteiger partial charge in [-0.15, -0.1) is 0 Å². The van der Waals surface area contributed by atoms with Gasteiger partial charge in [0.25, 0.3) is 0 Å². The third-order valence-electron chi connectivity index (χ3n) is 12.4. The molecule has 0 aliphatic heterocycles. The number of pyridine rings is 1. The molecule has 0 saturated carbocycles. The van der Waals surface area contributed by atoms with E-state index in [4.69, 9.17) is 24.4 Å². The molecule has 0 amide bonds. The van der Waals surface area contributed by atoms with Crippen molar-refractivity contribution >= 4 is 65.4 Å². The topological polar surface area (TPSA) is 69.6 Å². The van der Waals surface area contributed by atoms with Gasteiger partial charge in [-0.05, 0) is 53.4 Å². The second kappa shape index (κ2) is 14.4. The van der Waals surface area contributed by atoms with Gasteiger partial charge in [0.15, 0.2) is 17.5 Å². The Hall–Kier alpha value is -8.74. The minimum Gasteiger partial charge on any atom is -0.455 e. The van der Waals surface area contributed by atoms with Crippen molar-refractivity contribution in [2.24, 2.45) is 0 Å². The van der Waals surface area contributed by atoms with Crippen molar-refractivity contribution in [3.63, 3.8) is 0 Å². The Labute approximate surface area is 367 Å². The molecule has 4 aromatic heterocycles. The monoisotopic (exact) mass is 817 g/mol. The van der Waals surface area contributed by atoms with Gasteiger partial charge in [0.1, 0.15) is 11.2 Å². The van der Waals surface area contributed by atoms with E-state index in [0.29, 0.717) is 17.5 Å². The van der Waals surface area contributed by atoms with Crippen LogP contribution in [-0.4, -0.2) is 24.5 Å². The highest BCUT2D eigenvalue weighted by atomic mass is 16.3. The first-order valence-corrected chi connectivity index (χ1v) is 21.5. The predicted octanol–water partition coefficient (Wildman–Crippen LogP) is 14.9. The Morgan fingerprint density at radius 1 is 0.359 bits per heavy atom. The fraction of sp³-hybridized carbons (Fsp3) is 0. The van der Waals surface area contributed by atoms with E-state index < -0.39 is 0 Å². The minimum absolute atomic E-state index is 0.578. The van der Waals surface area contributed by atoms with Crippen LogP contribution in [0.2, 0.25) is 0 Å². The molecule has 13 rings (SSSR count). The summed E-state index contributed by atoms with van der Waals surface area (Å²) in [4.78, 5) is 21.3. The van der Waals surface area contributed by atoms with Gasteiger partial charge in [-0.25, -0.2) is 19.9 Å². The van der Waals surface area contributed by atoms with Crippen molar-refractivity contribution in [2.45, 2.75) is 0 Å². The molecule has 6 heteroatoms. The van der Waals surface area contributed by atoms with Gasteiger partial charge in [-0.2, -0.15) is 0 Å². The molecular weight excluding hydrogens is 783 g/mol. The molecule has 0 N–H and O–H groups in total. The van der Waals surface area contributed by atoms with Crippen molar-refractivity contribution < 1.29 is 4.42 Å². The van der Waals surface area contributed by atoms with Crippen molar-refractivity contribution in [3.8, 4) is 62.2 Å². The highest BCUT2D eigenvalue weighted by Crippen LogP contribution is 2.45. The van der Waals surface area contributed by atoms with Gasteiger partial charge in [0, 0.05) is 65.8 Å². The largest absolute Gasteiger partial charge is 0.455 e. The van der Waals surface area contributed by atoms with Gasteiger partial charge < -0.3 is 8.98 Å². The highest BCUT2D eigenvalue weighted by molar-refractivity contribution is 6.29. The molecule has 0 fully saturated rings. The third-order valence-corrected chi connectivity index (χ3v) is 12.4. The molecule has 9 aromatic carbocycles. The summed E-state index contributed by atoms with van der Waals surface area (Å²) in [7, 11) is 0. The average molecular weight is 818 g/mol. The lowest BCUT2D eigenvalue weighted by Crippen LogP contribution is -2.02. The van der Waals surface area contributed by atoms with Crippen LogP contribution < -0.4 is 0 Å². The highest BCUT2D eigenvalue weighted by Gasteiger charge is 2.24. The molecule has 0 spiro atoms. The zero-order valence-electron chi connectivity index (χ0n) is 34.4. The van der Waals surface area contributed by atoms with Gasteiger partial charge in [-0.3, -0.25) is 0 Å². The van der Waals surface area contributed by atoms with Crippen molar-refractivity contribution in [2.75, 3.05) is 0 Å². The zero-order valence-corrected chi connectivity index (χ0v) is 34.4. The molecule has 0 atom stereocenters. The lowest BCUT2D eigenvalue weighted by atomic mass is 9.95. The third kappa shape index (κ3) is 5.66. The summed E-state index contributed by atoms with van der Waals surface area (Å²) in [5.74, 6) is 1.75. The number of fused-ring (bicyclic) bond motifs is 10. The first kappa shape index (κ1) is 36.0. The Morgan fingerprint density at radius 3 is 1.77 bits per heavy atom. The molecule has 64 heavy (non-hydrogen) atoms. The summed E-state index contributed by atoms with van der Waals surface area (Å²) in [5, 5.41) is 7.77. The number of rotatable bonds is 6. The van der Waals surface area contributed by atoms with E-state index in [1.54, 1.807) is 0 Å². The van der Waals surface area contributed by atoms with Gasteiger partial charge >= 0.3 is 0 Å². The van der Waals surface area contributed by atoms with E-state index in [-0.39, 0.29) is 0 Å². The molecule has 0 bridgehead atoms. The number of aromatic nitrogens is 5. The first-order valence-electron chi connectivity index (χ1n) is 21.5. The molecule has 13 aromatic rings. The second-order valence-electron chi connectivity index (χ2n) is 16.1. The Bertz CT molecular complexity index is 3950. The van der Waals surface area contributed by atoms with Gasteiger partial charge in [-0.1, -0.05) is 170 Å². The Kier molecular flexibility index (Phi) is 8.11. The molecule has 298 valence electrons. The van der Waals surface area contributed by atoms with E-state index in [2.05, 4.69) is 187 Å². The molecule has 0 aliphatic rings. The van der Waals surface area contributed by atoms with E-state index in [9.17, 15) is 0 Å². The molecular formula is C58H35N5O. The fourth-order valence-electron chi connectivity index (χ4n) is 9.58. The van der Waals surface area contributed by atoms with E-state index in [0.717, 1.165) is 110 Å². The Morgan fingerprint density at radius 2 is 0.953 bits per heavy atom. The molecule has 0 aliphatic carbocycles. The molecule has 4 heterocycles. The molecule has 6 nitrogen and oxygen atoms in total. The molecule has 0 radical (unpaired) electrons. The summed E-state index contributed by atoms with van der Waals surface area (Å²) in [6.45, 7) is 0. The quantitative estimate of drug-likeness (QED) is 0.156. The first-order chi connectivity index (χ1) is 31.7. The van der Waals surface area contributed by atoms with Crippen LogP contribution in [0.4, 0.5) is 0 Å². The standard InChI is InChI=1S/C58H35N5O/c1-4-17-36(18-5-1)53-52-44(42-25-10-12-31-48(42)59-53)33-34-49-51(52)46-29-16-30-47(54(46)63(49)40-23-8-3-9-24-40)58-61-56(37-19-6-2-7-20-37)60-57(62-58)39-22-14-21-38(35-39)41-27-15-28-45-43-26-11-13-32-50(43)64-55(41)45/h1-35H. The molecule has 0 saturated heterocycles. The maximum Gasteiger partial charge on any atom is 0.166 e. The van der Waals surface area contributed by atoms with Crippen molar-refractivity contribution in [1.82, 2.24) is 24.5 Å². The number of nitrogens with zero attached hydrogens (tertiary/aromatic N) is 5. The van der Waals surface area contributed by atoms with Crippen LogP contribution >= 0.6 is 0 Å². The van der Waals surface area contributed by atoms with Crippen LogP contribution in [0.1, 0.15) is 0 Å². The number of furan rings is 1. The SMILES string of the molecule is c1ccc(-c2nc(-c3cccc(-c4cccc5c4oc4ccccc45)c3)nc(-c3cccc4c5c6c(-c7ccccc7)nc7ccccc7c6ccc5n(-c5ccccc5)c34)n2)cc1. The van der Waals surface area contributed by atoms with Crippen molar-refractivity contribution in [3.05, 3.63) is 212 Å². The second-order valence-corrected chi connectivity index (χ2v) is 16.1. The number of benzene rings is 9. The summed E-state index contributed by atoms with van der Waals surface area (Å²) < 4.78 is 8.85. The lowest BCUT2D eigenvalue weighted by molar-refractivity contribution is 0.670. The lowest BCUT2D eigenvalue weighted by Gasteiger charge is -2.13. The molecule has 0 unspecified atom stereocenters. The fourth-order valence-corrected chi connectivity index (χ4v) is 9.58. The van der Waals surface area contributed by atoms with Crippen LogP contribution in [0.5, 0.6) is 0 Å². The predicted molar refractivity (Wildman–Crippen MR) is 261 cm³/mol. The average Bonchev–Trinajstić information content (AvgIpc) is 3.93. The summed E-state index contributed by atoms with van der Waals surface area (Å²) in [5.41, 5.74) is 12.5. The van der Waals surface area contributed by atoms with Crippen LogP contribution in [0.25, 0.3) is 128 Å². The van der Waals surface area contributed by atoms with E-state index >= 15 is 0 Å². The number of hydrogen-bond donors (Lipinski definition) is 0. The smallest absolute Gasteiger partial charge is 0.166 e. The maximum absolute atomic E-state index is 6.48. The zero-order chi connectivity index (χ0) is 42.1. The summed E-state index contributed by atoms with van der Waals surface area (Å²) >= 11 is 0. The van der Waals surface area contributed by atoms with Gasteiger partial charge in [0.05, 0.1) is 22.2 Å². The van der Waals surface area contributed by atoms with Crippen LogP contribution in [-0.2, 0) is 0 Å². The summed E-state index contributed by atoms with van der Waals surface area (Å²) in [6.07, 6.45) is 0. The van der Waals surface area contributed by atoms with E-state index in [1.807, 2.05) is 30.3 Å². The maximum atomic E-state index is 6.48. The normalized spacial score (nSPS) is 11.8. The number of para-hydroxylation sites is 5. The van der Waals surface area contributed by atoms with E-state index in [1.165, 1.54) is 0 Å².